The van der Waals surface area contributed by atoms with Crippen LogP contribution in [0, 0.1) is 13.8 Å². The number of carboxylic acid groups (broad SMARTS) is 1. The van der Waals surface area contributed by atoms with Gasteiger partial charge in [-0.05, 0) is 37.6 Å². The van der Waals surface area contributed by atoms with Crippen LogP contribution >= 0.6 is 0 Å². The van der Waals surface area contributed by atoms with Crippen molar-refractivity contribution >= 4 is 17.1 Å². The van der Waals surface area contributed by atoms with Gasteiger partial charge >= 0.3 is 5.97 Å². The van der Waals surface area contributed by atoms with Crippen molar-refractivity contribution in [2.24, 2.45) is 0 Å². The molecule has 1 aromatic heterocycles. The summed E-state index contributed by atoms with van der Waals surface area (Å²) in [4.78, 5) is 15.7. The zero-order chi connectivity index (χ0) is 14.3. The fraction of sp³-hybridized carbons (Fsp3) is 0.125. The second-order valence-electron chi connectivity index (χ2n) is 4.79. The third kappa shape index (κ3) is 1.95. The summed E-state index contributed by atoms with van der Waals surface area (Å²) >= 11 is 0. The van der Waals surface area contributed by atoms with Gasteiger partial charge in [0.25, 0.3) is 0 Å². The number of nitrogens with zero attached hydrogens (tertiary/aromatic N) is 1. The van der Waals surface area contributed by atoms with Gasteiger partial charge in [0, 0.05) is 5.56 Å². The Labute approximate surface area is 115 Å². The Morgan fingerprint density at radius 2 is 1.80 bits per heavy atom. The van der Waals surface area contributed by atoms with Crippen LogP contribution < -0.4 is 0 Å². The van der Waals surface area contributed by atoms with Crippen molar-refractivity contribution < 1.29 is 14.3 Å². The number of carboxylic acids is 1. The molecule has 0 radical (unpaired) electrons. The van der Waals surface area contributed by atoms with Crippen molar-refractivity contribution in [3.05, 3.63) is 53.1 Å². The van der Waals surface area contributed by atoms with E-state index in [1.807, 2.05) is 31.2 Å². The first-order valence-electron chi connectivity index (χ1n) is 6.27. The van der Waals surface area contributed by atoms with Gasteiger partial charge in [0.15, 0.2) is 5.58 Å². The molecule has 0 amide bonds. The van der Waals surface area contributed by atoms with E-state index in [1.54, 1.807) is 19.1 Å². The molecule has 0 unspecified atom stereocenters. The average Bonchev–Trinajstić information content (AvgIpc) is 2.82. The Morgan fingerprint density at radius 3 is 2.45 bits per heavy atom. The van der Waals surface area contributed by atoms with Crippen LogP contribution in [-0.2, 0) is 0 Å². The largest absolute Gasteiger partial charge is 0.478 e. The second kappa shape index (κ2) is 4.49. The SMILES string of the molecule is Cc1ccc(-c2nc3c(C(=O)O)c(C)ccc3o2)cc1. The molecular weight excluding hydrogens is 254 g/mol. The number of hydrogen-bond acceptors (Lipinski definition) is 3. The van der Waals surface area contributed by atoms with Crippen LogP contribution in [0.4, 0.5) is 0 Å². The third-order valence-corrected chi connectivity index (χ3v) is 3.28. The molecule has 0 bridgehead atoms. The van der Waals surface area contributed by atoms with Gasteiger partial charge in [-0.15, -0.1) is 0 Å². The van der Waals surface area contributed by atoms with Gasteiger partial charge in [0.05, 0.1) is 5.56 Å². The van der Waals surface area contributed by atoms with E-state index in [-0.39, 0.29) is 5.56 Å². The van der Waals surface area contributed by atoms with Crippen molar-refractivity contribution in [1.29, 1.82) is 0 Å². The molecule has 1 heterocycles. The topological polar surface area (TPSA) is 63.3 Å². The Kier molecular flexibility index (Phi) is 2.79. The Balaban J connectivity index is 2.23. The number of fused-ring (bicyclic) bond motifs is 1. The molecule has 2 aromatic carbocycles. The highest BCUT2D eigenvalue weighted by Gasteiger charge is 2.17. The molecule has 1 N–H and O–H groups in total. The van der Waals surface area contributed by atoms with Crippen LogP contribution in [0.1, 0.15) is 21.5 Å². The summed E-state index contributed by atoms with van der Waals surface area (Å²) in [6, 6.07) is 11.2. The number of aromatic nitrogens is 1. The van der Waals surface area contributed by atoms with Gasteiger partial charge in [0.1, 0.15) is 5.52 Å². The van der Waals surface area contributed by atoms with Crippen molar-refractivity contribution in [3.8, 4) is 11.5 Å². The lowest BCUT2D eigenvalue weighted by Gasteiger charge is -1.98. The van der Waals surface area contributed by atoms with E-state index < -0.39 is 5.97 Å². The number of aryl methyl sites for hydroxylation is 2. The maximum atomic E-state index is 11.3. The molecule has 4 heteroatoms. The molecule has 0 spiro atoms. The highest BCUT2D eigenvalue weighted by atomic mass is 16.4. The second-order valence-corrected chi connectivity index (χ2v) is 4.79. The van der Waals surface area contributed by atoms with Crippen LogP contribution in [0.5, 0.6) is 0 Å². The van der Waals surface area contributed by atoms with Crippen molar-refractivity contribution in [1.82, 2.24) is 4.98 Å². The number of hydrogen-bond donors (Lipinski definition) is 1. The van der Waals surface area contributed by atoms with E-state index in [2.05, 4.69) is 4.98 Å². The van der Waals surface area contributed by atoms with Gasteiger partial charge in [-0.1, -0.05) is 23.8 Å². The molecule has 0 aliphatic rings. The minimum absolute atomic E-state index is 0.199. The molecule has 0 aliphatic heterocycles. The van der Waals surface area contributed by atoms with Gasteiger partial charge in [-0.2, -0.15) is 0 Å². The summed E-state index contributed by atoms with van der Waals surface area (Å²) in [5.74, 6) is -0.551. The van der Waals surface area contributed by atoms with Crippen LogP contribution in [0.3, 0.4) is 0 Å². The first kappa shape index (κ1) is 12.4. The smallest absolute Gasteiger partial charge is 0.338 e. The van der Waals surface area contributed by atoms with E-state index in [0.717, 1.165) is 11.1 Å². The summed E-state index contributed by atoms with van der Waals surface area (Å²) in [6.07, 6.45) is 0. The Hall–Kier alpha value is -2.62. The van der Waals surface area contributed by atoms with Crippen LogP contribution in [0.2, 0.25) is 0 Å². The molecule has 0 saturated heterocycles. The lowest BCUT2D eigenvalue weighted by atomic mass is 10.1. The molecule has 4 nitrogen and oxygen atoms in total. The molecule has 3 rings (SSSR count). The standard InChI is InChI=1S/C16H13NO3/c1-9-3-6-11(7-4-9)15-17-14-12(20-15)8-5-10(2)13(14)16(18)19/h3-8H,1-2H3,(H,18,19). The summed E-state index contributed by atoms with van der Waals surface area (Å²) < 4.78 is 5.67. The normalized spacial score (nSPS) is 10.9. The first-order chi connectivity index (χ1) is 9.56. The van der Waals surface area contributed by atoms with Gasteiger partial charge < -0.3 is 9.52 Å². The number of carbonyl (C=O) groups is 1. The van der Waals surface area contributed by atoms with Crippen LogP contribution in [0.15, 0.2) is 40.8 Å². The fourth-order valence-electron chi connectivity index (χ4n) is 2.18. The van der Waals surface area contributed by atoms with Gasteiger partial charge in [-0.25, -0.2) is 9.78 Å². The quantitative estimate of drug-likeness (QED) is 0.766. The zero-order valence-corrected chi connectivity index (χ0v) is 11.2. The zero-order valence-electron chi connectivity index (χ0n) is 11.2. The minimum atomic E-state index is -0.989. The fourth-order valence-corrected chi connectivity index (χ4v) is 2.18. The number of rotatable bonds is 2. The van der Waals surface area contributed by atoms with E-state index in [1.165, 1.54) is 0 Å². The lowest BCUT2D eigenvalue weighted by molar-refractivity contribution is 0.0698. The van der Waals surface area contributed by atoms with Crippen molar-refractivity contribution in [2.75, 3.05) is 0 Å². The van der Waals surface area contributed by atoms with E-state index in [9.17, 15) is 9.90 Å². The third-order valence-electron chi connectivity index (χ3n) is 3.28. The van der Waals surface area contributed by atoms with Crippen LogP contribution in [0.25, 0.3) is 22.6 Å². The number of aromatic carboxylic acids is 1. The average molecular weight is 267 g/mol. The lowest BCUT2D eigenvalue weighted by Crippen LogP contribution is -2.00. The molecule has 0 aliphatic carbocycles. The Bertz CT molecular complexity index is 800. The summed E-state index contributed by atoms with van der Waals surface area (Å²) in [5, 5.41) is 9.30. The van der Waals surface area contributed by atoms with E-state index in [4.69, 9.17) is 4.42 Å². The monoisotopic (exact) mass is 267 g/mol. The molecule has 0 fully saturated rings. The van der Waals surface area contributed by atoms with Crippen LogP contribution in [-0.4, -0.2) is 16.1 Å². The summed E-state index contributed by atoms with van der Waals surface area (Å²) in [5.41, 5.74) is 3.74. The maximum Gasteiger partial charge on any atom is 0.338 e. The van der Waals surface area contributed by atoms with Gasteiger partial charge in [-0.3, -0.25) is 0 Å². The molecule has 0 atom stereocenters. The summed E-state index contributed by atoms with van der Waals surface area (Å²) in [7, 11) is 0. The van der Waals surface area contributed by atoms with Crippen molar-refractivity contribution in [3.63, 3.8) is 0 Å². The molecular formula is C16H13NO3. The summed E-state index contributed by atoms with van der Waals surface area (Å²) in [6.45, 7) is 3.75. The first-order valence-corrected chi connectivity index (χ1v) is 6.27. The van der Waals surface area contributed by atoms with E-state index >= 15 is 0 Å². The molecule has 20 heavy (non-hydrogen) atoms. The number of benzene rings is 2. The van der Waals surface area contributed by atoms with E-state index in [0.29, 0.717) is 22.6 Å². The predicted octanol–water partition coefficient (Wildman–Crippen LogP) is 3.81. The maximum absolute atomic E-state index is 11.3. The van der Waals surface area contributed by atoms with Gasteiger partial charge in [0.2, 0.25) is 5.89 Å². The van der Waals surface area contributed by atoms with Crippen molar-refractivity contribution in [2.45, 2.75) is 13.8 Å². The molecule has 100 valence electrons. The number of oxazole rings is 1. The minimum Gasteiger partial charge on any atom is -0.478 e. The Morgan fingerprint density at radius 1 is 1.10 bits per heavy atom. The predicted molar refractivity (Wildman–Crippen MR) is 75.9 cm³/mol. The highest BCUT2D eigenvalue weighted by Crippen LogP contribution is 2.28. The molecule has 0 saturated carbocycles. The molecule has 3 aromatic rings. The highest BCUT2D eigenvalue weighted by molar-refractivity contribution is 6.02.